The third-order valence-corrected chi connectivity index (χ3v) is 5.50. The van der Waals surface area contributed by atoms with Gasteiger partial charge < -0.3 is 10.0 Å². The van der Waals surface area contributed by atoms with Crippen LogP contribution in [0.3, 0.4) is 0 Å². The Bertz CT molecular complexity index is 641. The maximum Gasteiger partial charge on any atom is 0.323 e. The molecule has 120 valence electrons. The molecule has 1 fully saturated rings. The Balaban J connectivity index is 2.02. The Kier molecular flexibility index (Phi) is 5.18. The van der Waals surface area contributed by atoms with Gasteiger partial charge in [-0.05, 0) is 18.4 Å². The molecule has 0 spiro atoms. The summed E-state index contributed by atoms with van der Waals surface area (Å²) in [6.07, 6.45) is 0.821. The summed E-state index contributed by atoms with van der Waals surface area (Å²) >= 11 is 0. The van der Waals surface area contributed by atoms with Crippen molar-refractivity contribution < 1.29 is 23.1 Å². The highest BCUT2D eigenvalue weighted by atomic mass is 32.2. The van der Waals surface area contributed by atoms with Crippen molar-refractivity contribution in [3.05, 3.63) is 35.9 Å². The van der Waals surface area contributed by atoms with E-state index in [1.807, 2.05) is 30.3 Å². The third-order valence-electron chi connectivity index (χ3n) is 3.73. The molecule has 1 aliphatic rings. The van der Waals surface area contributed by atoms with E-state index in [1.54, 1.807) is 0 Å². The van der Waals surface area contributed by atoms with E-state index < -0.39 is 28.3 Å². The molecule has 0 aliphatic carbocycles. The lowest BCUT2D eigenvalue weighted by molar-refractivity contribution is -0.145. The van der Waals surface area contributed by atoms with E-state index in [0.717, 1.165) is 5.56 Å². The molecule has 22 heavy (non-hydrogen) atoms. The number of hydrogen-bond donors (Lipinski definition) is 1. The summed E-state index contributed by atoms with van der Waals surface area (Å²) in [4.78, 5) is 24.6. The highest BCUT2D eigenvalue weighted by Gasteiger charge is 2.35. The molecule has 0 radical (unpaired) electrons. The van der Waals surface area contributed by atoms with Crippen LogP contribution in [0.4, 0.5) is 0 Å². The minimum atomic E-state index is -3.16. The van der Waals surface area contributed by atoms with E-state index in [-0.39, 0.29) is 30.4 Å². The molecule has 1 heterocycles. The van der Waals surface area contributed by atoms with Crippen molar-refractivity contribution >= 4 is 21.7 Å². The smallest absolute Gasteiger partial charge is 0.323 e. The number of carbonyl (C=O) groups is 2. The van der Waals surface area contributed by atoms with Gasteiger partial charge >= 0.3 is 5.97 Å². The summed E-state index contributed by atoms with van der Waals surface area (Å²) < 4.78 is 23.0. The minimum Gasteiger partial charge on any atom is -0.480 e. The van der Waals surface area contributed by atoms with Crippen molar-refractivity contribution in [2.45, 2.75) is 12.8 Å². The van der Waals surface area contributed by atoms with E-state index >= 15 is 0 Å². The number of benzene rings is 1. The molecule has 1 atom stereocenters. The first-order chi connectivity index (χ1) is 10.4. The Labute approximate surface area is 129 Å². The van der Waals surface area contributed by atoms with Crippen molar-refractivity contribution in [1.29, 1.82) is 0 Å². The van der Waals surface area contributed by atoms with Crippen LogP contribution in [0.2, 0.25) is 0 Å². The van der Waals surface area contributed by atoms with Crippen molar-refractivity contribution in [2.24, 2.45) is 5.92 Å². The van der Waals surface area contributed by atoms with Crippen LogP contribution in [0.15, 0.2) is 30.3 Å². The van der Waals surface area contributed by atoms with Crippen LogP contribution in [0, 0.1) is 5.92 Å². The lowest BCUT2D eigenvalue weighted by Gasteiger charge is -2.23. The molecule has 1 amide bonds. The van der Waals surface area contributed by atoms with Crippen LogP contribution < -0.4 is 0 Å². The second-order valence-corrected chi connectivity index (χ2v) is 7.72. The highest BCUT2D eigenvalue weighted by molar-refractivity contribution is 7.91. The van der Waals surface area contributed by atoms with Gasteiger partial charge in [-0.25, -0.2) is 8.42 Å². The monoisotopic (exact) mass is 325 g/mol. The Morgan fingerprint density at radius 2 is 1.91 bits per heavy atom. The normalized spacial score (nSPS) is 19.7. The van der Waals surface area contributed by atoms with Crippen LogP contribution in [-0.2, 0) is 25.8 Å². The predicted molar refractivity (Wildman–Crippen MR) is 81.1 cm³/mol. The van der Waals surface area contributed by atoms with Crippen molar-refractivity contribution in [2.75, 3.05) is 24.6 Å². The zero-order valence-electron chi connectivity index (χ0n) is 12.1. The maximum absolute atomic E-state index is 12.4. The number of rotatable bonds is 6. The zero-order chi connectivity index (χ0) is 16.2. The molecule has 7 heteroatoms. The number of amides is 1. The fourth-order valence-corrected chi connectivity index (χ4v) is 4.32. The number of carboxylic acid groups (broad SMARTS) is 1. The molecule has 6 nitrogen and oxygen atoms in total. The van der Waals surface area contributed by atoms with Crippen molar-refractivity contribution in [1.82, 2.24) is 4.90 Å². The second kappa shape index (κ2) is 6.91. The van der Waals surface area contributed by atoms with Crippen LogP contribution in [-0.4, -0.2) is 54.9 Å². The molecule has 1 N–H and O–H groups in total. The second-order valence-electron chi connectivity index (χ2n) is 5.49. The average Bonchev–Trinajstić information content (AvgIpc) is 2.83. The third kappa shape index (κ3) is 4.56. The fraction of sp³-hybridized carbons (Fsp3) is 0.467. The van der Waals surface area contributed by atoms with Gasteiger partial charge in [-0.2, -0.15) is 0 Å². The summed E-state index contributed by atoms with van der Waals surface area (Å²) in [5, 5.41) is 8.96. The van der Waals surface area contributed by atoms with Crippen LogP contribution >= 0.6 is 0 Å². The van der Waals surface area contributed by atoms with E-state index in [4.69, 9.17) is 5.11 Å². The molecule has 0 bridgehead atoms. The van der Waals surface area contributed by atoms with Crippen LogP contribution in [0.5, 0.6) is 0 Å². The summed E-state index contributed by atoms with van der Waals surface area (Å²) in [7, 11) is -3.16. The first kappa shape index (κ1) is 16.5. The van der Waals surface area contributed by atoms with Gasteiger partial charge in [0.05, 0.1) is 17.4 Å². The fourth-order valence-electron chi connectivity index (χ4n) is 2.59. The molecule has 2 rings (SSSR count). The highest BCUT2D eigenvalue weighted by Crippen LogP contribution is 2.21. The number of aliphatic carboxylic acids is 1. The topological polar surface area (TPSA) is 91.8 Å². The number of carbonyl (C=O) groups excluding carboxylic acids is 1. The molecule has 1 saturated heterocycles. The lowest BCUT2D eigenvalue weighted by Crippen LogP contribution is -2.41. The van der Waals surface area contributed by atoms with E-state index in [2.05, 4.69) is 0 Å². The molecule has 1 aromatic rings. The first-order valence-electron chi connectivity index (χ1n) is 7.12. The van der Waals surface area contributed by atoms with Gasteiger partial charge in [-0.15, -0.1) is 0 Å². The molecule has 1 aromatic carbocycles. The quantitative estimate of drug-likeness (QED) is 0.826. The summed E-state index contributed by atoms with van der Waals surface area (Å²) in [6.45, 7) is -0.131. The van der Waals surface area contributed by atoms with Gasteiger partial charge in [0.25, 0.3) is 0 Å². The molecule has 0 aromatic heterocycles. The Hall–Kier alpha value is -1.89. The maximum atomic E-state index is 12.4. The lowest BCUT2D eigenvalue weighted by atomic mass is 10.1. The molecule has 1 unspecified atom stereocenters. The van der Waals surface area contributed by atoms with Crippen LogP contribution in [0.25, 0.3) is 0 Å². The van der Waals surface area contributed by atoms with Crippen molar-refractivity contribution in [3.8, 4) is 0 Å². The van der Waals surface area contributed by atoms with E-state index in [0.29, 0.717) is 6.42 Å². The number of nitrogens with zero attached hydrogens (tertiary/aromatic N) is 1. The Morgan fingerprint density at radius 3 is 2.45 bits per heavy atom. The standard InChI is InChI=1S/C15H19NO5S/c17-14(18)10-16(8-6-12-4-2-1-3-5-12)15(19)13-7-9-22(20,21)11-13/h1-5,13H,6-11H2,(H,17,18). The predicted octanol–water partition coefficient (Wildman–Crippen LogP) is 0.577. The van der Waals surface area contributed by atoms with E-state index in [1.165, 1.54) is 4.90 Å². The number of carboxylic acids is 1. The molecule has 0 saturated carbocycles. The minimum absolute atomic E-state index is 0.00298. The summed E-state index contributed by atoms with van der Waals surface area (Å²) in [5.74, 6) is -2.25. The number of sulfone groups is 1. The van der Waals surface area contributed by atoms with Gasteiger partial charge in [-0.1, -0.05) is 30.3 Å². The van der Waals surface area contributed by atoms with E-state index in [9.17, 15) is 18.0 Å². The zero-order valence-corrected chi connectivity index (χ0v) is 13.0. The SMILES string of the molecule is O=C(O)CN(CCc1ccccc1)C(=O)C1CCS(=O)(=O)C1. The van der Waals surface area contributed by atoms with Gasteiger partial charge in [0.15, 0.2) is 9.84 Å². The average molecular weight is 325 g/mol. The van der Waals surface area contributed by atoms with Gasteiger partial charge in [0, 0.05) is 6.54 Å². The molecular formula is C15H19NO5S. The van der Waals surface area contributed by atoms with Gasteiger partial charge in [0.1, 0.15) is 6.54 Å². The van der Waals surface area contributed by atoms with Crippen molar-refractivity contribution in [3.63, 3.8) is 0 Å². The molecule has 1 aliphatic heterocycles. The summed E-state index contributed by atoms with van der Waals surface area (Å²) in [5.41, 5.74) is 1.00. The van der Waals surface area contributed by atoms with Gasteiger partial charge in [-0.3, -0.25) is 9.59 Å². The summed E-state index contributed by atoms with van der Waals surface area (Å²) in [6, 6.07) is 9.45. The first-order valence-corrected chi connectivity index (χ1v) is 8.94. The largest absolute Gasteiger partial charge is 0.480 e. The van der Waals surface area contributed by atoms with Crippen LogP contribution in [0.1, 0.15) is 12.0 Å². The Morgan fingerprint density at radius 1 is 1.23 bits per heavy atom. The molecular weight excluding hydrogens is 306 g/mol. The number of hydrogen-bond acceptors (Lipinski definition) is 4. The van der Waals surface area contributed by atoms with Gasteiger partial charge in [0.2, 0.25) is 5.91 Å².